The Morgan fingerprint density at radius 1 is 1.39 bits per heavy atom. The molecular weight excluding hydrogens is 298 g/mol. The van der Waals surface area contributed by atoms with E-state index in [1.165, 1.54) is 12.1 Å². The number of hydrogen-bond donors (Lipinski definition) is 3. The SMILES string of the molecule is CC1(C)C/C(=N\O)[C@@H]([C@H](O)c2cccc([N+](=O)[O-])c2)C(C)(C)N1. The summed E-state index contributed by atoms with van der Waals surface area (Å²) in [5.41, 5.74) is 0.0146. The molecule has 0 aromatic heterocycles. The van der Waals surface area contributed by atoms with Gasteiger partial charge in [0, 0.05) is 35.5 Å². The molecule has 0 radical (unpaired) electrons. The van der Waals surface area contributed by atoms with E-state index in [1.54, 1.807) is 12.1 Å². The largest absolute Gasteiger partial charge is 0.411 e. The lowest BCUT2D eigenvalue weighted by molar-refractivity contribution is -0.385. The lowest BCUT2D eigenvalue weighted by atomic mass is 9.69. The number of piperidine rings is 1. The van der Waals surface area contributed by atoms with Crippen LogP contribution in [0.3, 0.4) is 0 Å². The summed E-state index contributed by atoms with van der Waals surface area (Å²) >= 11 is 0. The van der Waals surface area contributed by atoms with Crippen molar-refractivity contribution in [3.05, 3.63) is 39.9 Å². The smallest absolute Gasteiger partial charge is 0.269 e. The Morgan fingerprint density at radius 2 is 2.04 bits per heavy atom. The van der Waals surface area contributed by atoms with Crippen molar-refractivity contribution in [2.45, 2.75) is 51.3 Å². The molecule has 1 aliphatic heterocycles. The van der Waals surface area contributed by atoms with Gasteiger partial charge in [-0.3, -0.25) is 10.1 Å². The predicted molar refractivity (Wildman–Crippen MR) is 86.7 cm³/mol. The number of rotatable bonds is 3. The van der Waals surface area contributed by atoms with Crippen LogP contribution in [-0.4, -0.2) is 32.0 Å². The summed E-state index contributed by atoms with van der Waals surface area (Å²) in [4.78, 5) is 10.4. The van der Waals surface area contributed by atoms with Crippen molar-refractivity contribution in [1.82, 2.24) is 5.32 Å². The number of nitro groups is 1. The Morgan fingerprint density at radius 3 is 2.61 bits per heavy atom. The van der Waals surface area contributed by atoms with Crippen LogP contribution in [0.15, 0.2) is 29.4 Å². The van der Waals surface area contributed by atoms with Crippen molar-refractivity contribution in [2.24, 2.45) is 11.1 Å². The first-order valence-electron chi connectivity index (χ1n) is 7.50. The van der Waals surface area contributed by atoms with Crippen LogP contribution in [0, 0.1) is 16.0 Å². The van der Waals surface area contributed by atoms with Gasteiger partial charge in [-0.25, -0.2) is 0 Å². The molecule has 1 aromatic carbocycles. The van der Waals surface area contributed by atoms with Crippen LogP contribution in [0.5, 0.6) is 0 Å². The lowest BCUT2D eigenvalue weighted by Gasteiger charge is -2.49. The van der Waals surface area contributed by atoms with Gasteiger partial charge in [-0.15, -0.1) is 0 Å². The van der Waals surface area contributed by atoms with E-state index in [1.807, 2.05) is 27.7 Å². The molecule has 126 valence electrons. The number of oxime groups is 1. The zero-order valence-corrected chi connectivity index (χ0v) is 13.8. The molecule has 1 heterocycles. The van der Waals surface area contributed by atoms with E-state index in [0.29, 0.717) is 17.7 Å². The van der Waals surface area contributed by atoms with Crippen molar-refractivity contribution in [3.63, 3.8) is 0 Å². The molecule has 2 atom stereocenters. The van der Waals surface area contributed by atoms with E-state index in [0.717, 1.165) is 0 Å². The molecule has 1 aliphatic rings. The summed E-state index contributed by atoms with van der Waals surface area (Å²) in [6.07, 6.45) is -0.539. The fourth-order valence-corrected chi connectivity index (χ4v) is 3.66. The summed E-state index contributed by atoms with van der Waals surface area (Å²) in [6.45, 7) is 7.83. The topological polar surface area (TPSA) is 108 Å². The maximum Gasteiger partial charge on any atom is 0.269 e. The van der Waals surface area contributed by atoms with Gasteiger partial charge in [-0.05, 0) is 33.3 Å². The molecule has 2 rings (SSSR count). The summed E-state index contributed by atoms with van der Waals surface area (Å²) in [5, 5.41) is 38.0. The summed E-state index contributed by atoms with van der Waals surface area (Å²) in [7, 11) is 0. The highest BCUT2D eigenvalue weighted by Crippen LogP contribution is 2.39. The molecular formula is C16H23N3O4. The number of nitrogens with one attached hydrogen (secondary N) is 1. The van der Waals surface area contributed by atoms with E-state index in [-0.39, 0.29) is 11.2 Å². The molecule has 0 saturated carbocycles. The zero-order chi connectivity index (χ0) is 17.4. The molecule has 23 heavy (non-hydrogen) atoms. The van der Waals surface area contributed by atoms with Crippen molar-refractivity contribution in [1.29, 1.82) is 0 Å². The predicted octanol–water partition coefficient (Wildman–Crippen LogP) is 2.63. The Balaban J connectivity index is 2.42. The first kappa shape index (κ1) is 17.4. The van der Waals surface area contributed by atoms with Gasteiger partial charge in [0.2, 0.25) is 0 Å². The number of benzene rings is 1. The Kier molecular flexibility index (Phi) is 4.45. The third kappa shape index (κ3) is 3.51. The standard InChI is InChI=1S/C16H23N3O4/c1-15(2)9-12(17-21)13(16(3,4)18-15)14(20)10-6-5-7-11(8-10)19(22)23/h5-8,13-14,18,20-21H,9H2,1-4H3/b17-12+/t13-,14+/m0/s1. The first-order valence-corrected chi connectivity index (χ1v) is 7.50. The minimum Gasteiger partial charge on any atom is -0.411 e. The van der Waals surface area contributed by atoms with Gasteiger partial charge in [-0.2, -0.15) is 0 Å². The normalized spacial score (nSPS) is 26.0. The van der Waals surface area contributed by atoms with Crippen molar-refractivity contribution in [3.8, 4) is 0 Å². The molecule has 1 fully saturated rings. The van der Waals surface area contributed by atoms with Crippen molar-refractivity contribution in [2.75, 3.05) is 0 Å². The number of nitro benzene ring substituents is 1. The maximum absolute atomic E-state index is 10.9. The lowest BCUT2D eigenvalue weighted by Crippen LogP contribution is -2.64. The molecule has 7 nitrogen and oxygen atoms in total. The summed E-state index contributed by atoms with van der Waals surface area (Å²) < 4.78 is 0. The molecule has 0 bridgehead atoms. The van der Waals surface area contributed by atoms with Gasteiger partial charge < -0.3 is 15.6 Å². The van der Waals surface area contributed by atoms with Crippen LogP contribution in [-0.2, 0) is 0 Å². The minimum absolute atomic E-state index is 0.0778. The van der Waals surface area contributed by atoms with Crippen LogP contribution in [0.2, 0.25) is 0 Å². The fourth-order valence-electron chi connectivity index (χ4n) is 3.66. The zero-order valence-electron chi connectivity index (χ0n) is 13.8. The third-order valence-corrected chi connectivity index (χ3v) is 4.29. The molecule has 0 spiro atoms. The van der Waals surface area contributed by atoms with Crippen LogP contribution in [0.1, 0.15) is 45.8 Å². The number of non-ortho nitro benzene ring substituents is 1. The molecule has 0 amide bonds. The van der Waals surface area contributed by atoms with Gasteiger partial charge in [0.25, 0.3) is 5.69 Å². The number of aliphatic hydroxyl groups is 1. The van der Waals surface area contributed by atoms with E-state index < -0.39 is 22.5 Å². The Bertz CT molecular complexity index is 640. The second kappa shape index (κ2) is 5.90. The molecule has 1 saturated heterocycles. The van der Waals surface area contributed by atoms with Gasteiger partial charge >= 0.3 is 0 Å². The summed E-state index contributed by atoms with van der Waals surface area (Å²) in [5.74, 6) is -0.498. The van der Waals surface area contributed by atoms with Crippen LogP contribution in [0.4, 0.5) is 5.69 Å². The van der Waals surface area contributed by atoms with E-state index in [9.17, 15) is 20.4 Å². The second-order valence-corrected chi connectivity index (χ2v) is 7.27. The maximum atomic E-state index is 10.9. The molecule has 1 aromatic rings. The monoisotopic (exact) mass is 321 g/mol. The minimum atomic E-state index is -1.01. The highest BCUT2D eigenvalue weighted by Gasteiger charge is 2.47. The van der Waals surface area contributed by atoms with Crippen LogP contribution in [0.25, 0.3) is 0 Å². The second-order valence-electron chi connectivity index (χ2n) is 7.27. The van der Waals surface area contributed by atoms with Crippen LogP contribution >= 0.6 is 0 Å². The van der Waals surface area contributed by atoms with E-state index >= 15 is 0 Å². The number of aliphatic hydroxyl groups excluding tert-OH is 1. The van der Waals surface area contributed by atoms with E-state index in [2.05, 4.69) is 10.5 Å². The average Bonchev–Trinajstić information content (AvgIpc) is 2.43. The first-order chi connectivity index (χ1) is 10.6. The van der Waals surface area contributed by atoms with Gasteiger partial charge in [0.1, 0.15) is 0 Å². The van der Waals surface area contributed by atoms with Gasteiger partial charge in [0.15, 0.2) is 0 Å². The van der Waals surface area contributed by atoms with Crippen LogP contribution < -0.4 is 5.32 Å². The molecule has 0 aliphatic carbocycles. The molecule has 3 N–H and O–H groups in total. The number of hydrogen-bond acceptors (Lipinski definition) is 6. The van der Waals surface area contributed by atoms with Crippen molar-refractivity contribution < 1.29 is 15.2 Å². The third-order valence-electron chi connectivity index (χ3n) is 4.29. The molecule has 0 unspecified atom stereocenters. The van der Waals surface area contributed by atoms with Gasteiger partial charge in [0.05, 0.1) is 16.7 Å². The summed E-state index contributed by atoms with van der Waals surface area (Å²) in [6, 6.07) is 5.92. The van der Waals surface area contributed by atoms with Gasteiger partial charge in [-0.1, -0.05) is 17.3 Å². The highest BCUT2D eigenvalue weighted by atomic mass is 16.6. The van der Waals surface area contributed by atoms with Crippen molar-refractivity contribution >= 4 is 11.4 Å². The van der Waals surface area contributed by atoms with E-state index in [4.69, 9.17) is 0 Å². The fraction of sp³-hybridized carbons (Fsp3) is 0.562. The average molecular weight is 321 g/mol. The molecule has 7 heteroatoms. The Labute approximate surface area is 135 Å². The Hall–Kier alpha value is -1.99. The number of nitrogens with zero attached hydrogens (tertiary/aromatic N) is 2. The highest BCUT2D eigenvalue weighted by molar-refractivity contribution is 5.90. The quantitative estimate of drug-likeness (QED) is 0.450.